The molecular weight excluding hydrogens is 214 g/mol. The second kappa shape index (κ2) is 4.42. The lowest BCUT2D eigenvalue weighted by atomic mass is 10.1. The minimum atomic E-state index is -0.469. The summed E-state index contributed by atoms with van der Waals surface area (Å²) >= 11 is 0. The molecule has 1 aromatic carbocycles. The number of rotatable bonds is 3. The summed E-state index contributed by atoms with van der Waals surface area (Å²) in [6.45, 7) is 2.42. The minimum Gasteiger partial charge on any atom is -0.304 e. The second-order valence-electron chi connectivity index (χ2n) is 3.95. The van der Waals surface area contributed by atoms with E-state index in [1.54, 1.807) is 6.07 Å². The van der Waals surface area contributed by atoms with Gasteiger partial charge in [-0.2, -0.15) is 0 Å². The van der Waals surface area contributed by atoms with E-state index in [4.69, 9.17) is 6.42 Å². The first-order valence-corrected chi connectivity index (χ1v) is 5.61. The van der Waals surface area contributed by atoms with Crippen LogP contribution in [0.25, 0.3) is 0 Å². The highest BCUT2D eigenvalue weighted by molar-refractivity contribution is 6.52. The van der Waals surface area contributed by atoms with Crippen molar-refractivity contribution in [2.45, 2.75) is 19.8 Å². The number of ketones is 1. The molecule has 3 heteroatoms. The van der Waals surface area contributed by atoms with Crippen LogP contribution in [-0.4, -0.2) is 18.2 Å². The Morgan fingerprint density at radius 2 is 2.12 bits per heavy atom. The Hall–Kier alpha value is -2.08. The lowest BCUT2D eigenvalue weighted by Crippen LogP contribution is -2.30. The lowest BCUT2D eigenvalue weighted by molar-refractivity contribution is -0.114. The number of terminal acetylenes is 1. The molecule has 0 N–H and O–H groups in total. The molecular formula is C14H13NO2. The Labute approximate surface area is 100 Å². The molecule has 1 amide bonds. The van der Waals surface area contributed by atoms with Gasteiger partial charge in [-0.05, 0) is 24.1 Å². The van der Waals surface area contributed by atoms with Gasteiger partial charge in [-0.15, -0.1) is 12.3 Å². The minimum absolute atomic E-state index is 0.402. The van der Waals surface area contributed by atoms with Crippen molar-refractivity contribution >= 4 is 17.4 Å². The summed E-state index contributed by atoms with van der Waals surface area (Å²) in [5, 5.41) is 0. The van der Waals surface area contributed by atoms with Crippen LogP contribution in [0.4, 0.5) is 5.69 Å². The first kappa shape index (κ1) is 11.4. The molecule has 0 spiro atoms. The molecule has 0 bridgehead atoms. The number of hydrogen-bond donors (Lipinski definition) is 0. The Kier molecular flexibility index (Phi) is 2.97. The third kappa shape index (κ3) is 1.83. The van der Waals surface area contributed by atoms with Crippen molar-refractivity contribution in [3.63, 3.8) is 0 Å². The number of fused-ring (bicyclic) bond motifs is 1. The lowest BCUT2D eigenvalue weighted by Gasteiger charge is -2.14. The number of anilines is 1. The van der Waals surface area contributed by atoms with Crippen molar-refractivity contribution in [3.8, 4) is 12.3 Å². The van der Waals surface area contributed by atoms with Crippen LogP contribution < -0.4 is 4.90 Å². The molecule has 0 atom stereocenters. The van der Waals surface area contributed by atoms with Gasteiger partial charge in [0.1, 0.15) is 0 Å². The summed E-state index contributed by atoms with van der Waals surface area (Å²) in [5.74, 6) is 1.59. The molecule has 1 aliphatic rings. The van der Waals surface area contributed by atoms with E-state index in [0.29, 0.717) is 24.2 Å². The fourth-order valence-corrected chi connectivity index (χ4v) is 1.97. The number of aryl methyl sites for hydroxylation is 1. The first-order chi connectivity index (χ1) is 8.19. The van der Waals surface area contributed by atoms with E-state index >= 15 is 0 Å². The second-order valence-corrected chi connectivity index (χ2v) is 3.95. The van der Waals surface area contributed by atoms with Crippen molar-refractivity contribution < 1.29 is 9.59 Å². The van der Waals surface area contributed by atoms with Gasteiger partial charge in [0.05, 0.1) is 11.3 Å². The Bertz CT molecular complexity index is 526. The molecule has 0 fully saturated rings. The molecule has 86 valence electrons. The van der Waals surface area contributed by atoms with Crippen LogP contribution in [0.1, 0.15) is 29.3 Å². The largest absolute Gasteiger partial charge is 0.304 e. The number of carbonyl (C=O) groups is 2. The van der Waals surface area contributed by atoms with Gasteiger partial charge in [-0.3, -0.25) is 9.59 Å². The van der Waals surface area contributed by atoms with Gasteiger partial charge in [0.25, 0.3) is 11.7 Å². The van der Waals surface area contributed by atoms with E-state index in [9.17, 15) is 9.59 Å². The number of benzene rings is 1. The molecule has 0 saturated heterocycles. The zero-order valence-electron chi connectivity index (χ0n) is 9.69. The molecule has 1 heterocycles. The van der Waals surface area contributed by atoms with Crippen LogP contribution in [-0.2, 0) is 11.2 Å². The van der Waals surface area contributed by atoms with Crippen molar-refractivity contribution in [2.24, 2.45) is 0 Å². The van der Waals surface area contributed by atoms with Gasteiger partial charge < -0.3 is 4.90 Å². The molecule has 0 saturated carbocycles. The topological polar surface area (TPSA) is 37.4 Å². The van der Waals surface area contributed by atoms with E-state index in [2.05, 4.69) is 5.92 Å². The van der Waals surface area contributed by atoms with Crippen molar-refractivity contribution in [2.75, 3.05) is 11.4 Å². The van der Waals surface area contributed by atoms with E-state index in [-0.39, 0.29) is 0 Å². The van der Waals surface area contributed by atoms with Gasteiger partial charge in [0.15, 0.2) is 0 Å². The van der Waals surface area contributed by atoms with E-state index in [0.717, 1.165) is 12.0 Å². The van der Waals surface area contributed by atoms with E-state index in [1.807, 2.05) is 19.1 Å². The highest BCUT2D eigenvalue weighted by atomic mass is 16.2. The van der Waals surface area contributed by atoms with Crippen LogP contribution in [0.3, 0.4) is 0 Å². The smallest absolute Gasteiger partial charge is 0.299 e. The zero-order valence-corrected chi connectivity index (χ0v) is 9.69. The maximum atomic E-state index is 11.8. The summed E-state index contributed by atoms with van der Waals surface area (Å²) in [6, 6.07) is 5.56. The average Bonchev–Trinajstić information content (AvgIpc) is 2.60. The Morgan fingerprint density at radius 1 is 1.35 bits per heavy atom. The van der Waals surface area contributed by atoms with Crippen molar-refractivity contribution in [3.05, 3.63) is 29.3 Å². The summed E-state index contributed by atoms with van der Waals surface area (Å²) in [4.78, 5) is 25.0. The third-order valence-corrected chi connectivity index (χ3v) is 2.92. The Morgan fingerprint density at radius 3 is 2.76 bits per heavy atom. The Balaban J connectivity index is 2.41. The number of Topliss-reactive ketones (excluding diaryl/α,β-unsaturated/α-hetero) is 1. The van der Waals surface area contributed by atoms with Crippen molar-refractivity contribution in [1.29, 1.82) is 0 Å². The summed E-state index contributed by atoms with van der Waals surface area (Å²) in [7, 11) is 0. The summed E-state index contributed by atoms with van der Waals surface area (Å²) in [6.07, 6.45) is 6.48. The monoisotopic (exact) mass is 227 g/mol. The van der Waals surface area contributed by atoms with E-state index < -0.39 is 11.7 Å². The molecule has 3 nitrogen and oxygen atoms in total. The molecule has 0 aliphatic carbocycles. The number of amides is 1. The quantitative estimate of drug-likeness (QED) is 0.583. The molecule has 1 aliphatic heterocycles. The SMILES string of the molecule is C#CCCN1C(=O)C(=O)c2cc(CC)ccc21. The van der Waals surface area contributed by atoms with Gasteiger partial charge in [0.2, 0.25) is 0 Å². The average molecular weight is 227 g/mol. The van der Waals surface area contributed by atoms with Gasteiger partial charge in [-0.25, -0.2) is 0 Å². The molecule has 0 unspecified atom stereocenters. The maximum absolute atomic E-state index is 11.8. The highest BCUT2D eigenvalue weighted by Crippen LogP contribution is 2.29. The van der Waals surface area contributed by atoms with Crippen LogP contribution >= 0.6 is 0 Å². The first-order valence-electron chi connectivity index (χ1n) is 5.61. The fourth-order valence-electron chi connectivity index (χ4n) is 1.97. The van der Waals surface area contributed by atoms with Crippen LogP contribution in [0.15, 0.2) is 18.2 Å². The zero-order chi connectivity index (χ0) is 12.4. The normalized spacial score (nSPS) is 13.8. The van der Waals surface area contributed by atoms with Crippen LogP contribution in [0, 0.1) is 12.3 Å². The molecule has 17 heavy (non-hydrogen) atoms. The molecule has 0 aromatic heterocycles. The van der Waals surface area contributed by atoms with Gasteiger partial charge in [-0.1, -0.05) is 13.0 Å². The van der Waals surface area contributed by atoms with E-state index in [1.165, 1.54) is 4.90 Å². The number of carbonyl (C=O) groups excluding carboxylic acids is 2. The van der Waals surface area contributed by atoms with Gasteiger partial charge >= 0.3 is 0 Å². The fraction of sp³-hybridized carbons (Fsp3) is 0.286. The summed E-state index contributed by atoms with van der Waals surface area (Å²) < 4.78 is 0. The number of hydrogen-bond acceptors (Lipinski definition) is 2. The number of nitrogens with zero attached hydrogens (tertiary/aromatic N) is 1. The maximum Gasteiger partial charge on any atom is 0.299 e. The standard InChI is InChI=1S/C14H13NO2/c1-3-5-8-15-12-7-6-10(4-2)9-11(12)13(16)14(15)17/h1,6-7,9H,4-5,8H2,2H3. The third-order valence-electron chi connectivity index (χ3n) is 2.92. The molecule has 0 radical (unpaired) electrons. The predicted molar refractivity (Wildman–Crippen MR) is 66.0 cm³/mol. The van der Waals surface area contributed by atoms with Crippen LogP contribution in [0.2, 0.25) is 0 Å². The summed E-state index contributed by atoms with van der Waals surface area (Å²) in [5.41, 5.74) is 2.25. The highest BCUT2D eigenvalue weighted by Gasteiger charge is 2.35. The van der Waals surface area contributed by atoms with Crippen molar-refractivity contribution in [1.82, 2.24) is 0 Å². The predicted octanol–water partition coefficient (Wildman–Crippen LogP) is 1.80. The molecule has 2 rings (SSSR count). The van der Waals surface area contributed by atoms with Crippen LogP contribution in [0.5, 0.6) is 0 Å². The van der Waals surface area contributed by atoms with Gasteiger partial charge in [0, 0.05) is 13.0 Å². The molecule has 1 aromatic rings.